The van der Waals surface area contributed by atoms with Crippen molar-refractivity contribution in [1.82, 2.24) is 10.0 Å². The molecule has 204 valence electrons. The van der Waals surface area contributed by atoms with Crippen LogP contribution >= 0.6 is 0 Å². The minimum absolute atomic E-state index is 0.0847. The topological polar surface area (TPSA) is 67.4 Å². The summed E-state index contributed by atoms with van der Waals surface area (Å²) in [5.41, 5.74) is 4.19. The second-order valence-electron chi connectivity index (χ2n) is 10.8. The van der Waals surface area contributed by atoms with Gasteiger partial charge >= 0.3 is 0 Å². The lowest BCUT2D eigenvalue weighted by molar-refractivity contribution is 0.296. The minimum Gasteiger partial charge on any atom is -0.492 e. The van der Waals surface area contributed by atoms with E-state index < -0.39 is 16.1 Å². The molecule has 0 amide bonds. The molecule has 2 unspecified atom stereocenters. The maximum atomic E-state index is 13.5. The normalized spacial score (nSPS) is 13.5. The molecule has 4 aromatic carbocycles. The van der Waals surface area contributed by atoms with Gasteiger partial charge in [0.05, 0.1) is 17.0 Å². The summed E-state index contributed by atoms with van der Waals surface area (Å²) in [7, 11) is -3.79. The van der Waals surface area contributed by atoms with E-state index in [-0.39, 0.29) is 16.4 Å². The zero-order chi connectivity index (χ0) is 27.9. The largest absolute Gasteiger partial charge is 0.492 e. The van der Waals surface area contributed by atoms with Gasteiger partial charge in [0.1, 0.15) is 12.4 Å². The van der Waals surface area contributed by atoms with Crippen molar-refractivity contribution >= 4 is 10.0 Å². The van der Waals surface area contributed by atoms with Crippen molar-refractivity contribution in [2.45, 2.75) is 50.1 Å². The number of aryl methyl sites for hydroxylation is 1. The fourth-order valence-electron chi connectivity index (χ4n) is 4.46. The zero-order valence-electron chi connectivity index (χ0n) is 23.1. The molecule has 0 aliphatic carbocycles. The standard InChI is InChI=1S/C33H38N2O3S/c1-25-15-21-30(22-16-25)39(36,37)35-32(27-13-9-6-10-14-27)31(26-11-7-5-8-12-26)34-23-24-38-29-19-17-28(18-20-29)33(2,3)4/h5-22,31-32,34-35H,23-24H2,1-4H3. The third-order valence-electron chi connectivity index (χ3n) is 6.72. The molecule has 4 aromatic rings. The number of ether oxygens (including phenoxy) is 1. The first-order valence-electron chi connectivity index (χ1n) is 13.3. The number of hydrogen-bond donors (Lipinski definition) is 2. The van der Waals surface area contributed by atoms with E-state index in [1.807, 2.05) is 91.9 Å². The number of benzene rings is 4. The van der Waals surface area contributed by atoms with Gasteiger partial charge in [0, 0.05) is 6.54 Å². The van der Waals surface area contributed by atoms with Crippen LogP contribution in [-0.4, -0.2) is 21.6 Å². The molecule has 0 spiro atoms. The van der Waals surface area contributed by atoms with Crippen molar-refractivity contribution in [3.63, 3.8) is 0 Å². The van der Waals surface area contributed by atoms with Crippen LogP contribution in [0.25, 0.3) is 0 Å². The third kappa shape index (κ3) is 7.79. The molecular formula is C33H38N2O3S. The van der Waals surface area contributed by atoms with Crippen LogP contribution in [0.1, 0.15) is 55.1 Å². The van der Waals surface area contributed by atoms with Gasteiger partial charge in [-0.3, -0.25) is 0 Å². The Morgan fingerprint density at radius 1 is 0.718 bits per heavy atom. The van der Waals surface area contributed by atoms with Crippen LogP contribution in [0.15, 0.2) is 114 Å². The summed E-state index contributed by atoms with van der Waals surface area (Å²) < 4.78 is 36.0. The molecule has 2 N–H and O–H groups in total. The average Bonchev–Trinajstić information content (AvgIpc) is 2.93. The molecule has 5 nitrogen and oxygen atoms in total. The summed E-state index contributed by atoms with van der Waals surface area (Å²) in [5.74, 6) is 0.806. The van der Waals surface area contributed by atoms with E-state index in [0.29, 0.717) is 13.2 Å². The third-order valence-corrected chi connectivity index (χ3v) is 8.18. The highest BCUT2D eigenvalue weighted by Gasteiger charge is 2.29. The molecule has 0 bridgehead atoms. The van der Waals surface area contributed by atoms with Crippen LogP contribution in [0, 0.1) is 6.92 Å². The molecule has 0 saturated heterocycles. The van der Waals surface area contributed by atoms with Crippen molar-refractivity contribution in [3.8, 4) is 5.75 Å². The predicted octanol–water partition coefficient (Wildman–Crippen LogP) is 6.72. The number of sulfonamides is 1. The van der Waals surface area contributed by atoms with Gasteiger partial charge in [-0.1, -0.05) is 111 Å². The molecule has 0 aliphatic heterocycles. The monoisotopic (exact) mass is 542 g/mol. The predicted molar refractivity (Wildman–Crippen MR) is 159 cm³/mol. The highest BCUT2D eigenvalue weighted by Crippen LogP contribution is 2.31. The quantitative estimate of drug-likeness (QED) is 0.206. The summed E-state index contributed by atoms with van der Waals surface area (Å²) in [4.78, 5) is 0.239. The van der Waals surface area contributed by atoms with E-state index in [9.17, 15) is 8.42 Å². The minimum atomic E-state index is -3.79. The van der Waals surface area contributed by atoms with E-state index >= 15 is 0 Å². The van der Waals surface area contributed by atoms with E-state index in [0.717, 1.165) is 22.4 Å². The summed E-state index contributed by atoms with van der Waals surface area (Å²) in [5, 5.41) is 3.57. The molecule has 0 fully saturated rings. The van der Waals surface area contributed by atoms with E-state index in [1.165, 1.54) is 5.56 Å². The number of rotatable bonds is 11. The average molecular weight is 543 g/mol. The number of hydrogen-bond acceptors (Lipinski definition) is 4. The Morgan fingerprint density at radius 3 is 1.79 bits per heavy atom. The first-order chi connectivity index (χ1) is 18.6. The van der Waals surface area contributed by atoms with E-state index in [1.54, 1.807) is 12.1 Å². The molecule has 0 heterocycles. The van der Waals surface area contributed by atoms with Gasteiger partial charge in [0.25, 0.3) is 0 Å². The van der Waals surface area contributed by atoms with Crippen LogP contribution in [0.2, 0.25) is 0 Å². The summed E-state index contributed by atoms with van der Waals surface area (Å²) in [6.07, 6.45) is 0. The SMILES string of the molecule is Cc1ccc(S(=O)(=O)NC(c2ccccc2)C(NCCOc2ccc(C(C)(C)C)cc2)c2ccccc2)cc1. The van der Waals surface area contributed by atoms with Gasteiger partial charge in [0.15, 0.2) is 0 Å². The molecule has 39 heavy (non-hydrogen) atoms. The molecule has 0 aromatic heterocycles. The maximum absolute atomic E-state index is 13.5. The summed E-state index contributed by atoms with van der Waals surface area (Å²) >= 11 is 0. The van der Waals surface area contributed by atoms with Crippen LogP contribution in [0.5, 0.6) is 5.75 Å². The van der Waals surface area contributed by atoms with Crippen LogP contribution in [0.4, 0.5) is 0 Å². The summed E-state index contributed by atoms with van der Waals surface area (Å²) in [6.45, 7) is 9.46. The second-order valence-corrected chi connectivity index (χ2v) is 12.5. The summed E-state index contributed by atoms with van der Waals surface area (Å²) in [6, 6.07) is 33.8. The van der Waals surface area contributed by atoms with Crippen molar-refractivity contribution in [1.29, 1.82) is 0 Å². The lowest BCUT2D eigenvalue weighted by Crippen LogP contribution is -2.39. The van der Waals surface area contributed by atoms with Crippen LogP contribution < -0.4 is 14.8 Å². The van der Waals surface area contributed by atoms with Gasteiger partial charge in [-0.05, 0) is 53.3 Å². The Morgan fingerprint density at radius 2 is 1.26 bits per heavy atom. The van der Waals surface area contributed by atoms with Gasteiger partial charge in [-0.2, -0.15) is 0 Å². The van der Waals surface area contributed by atoms with Crippen molar-refractivity contribution in [2.24, 2.45) is 0 Å². The Hall–Kier alpha value is -3.45. The molecule has 4 rings (SSSR count). The van der Waals surface area contributed by atoms with Crippen molar-refractivity contribution < 1.29 is 13.2 Å². The first-order valence-corrected chi connectivity index (χ1v) is 14.8. The molecule has 2 atom stereocenters. The lowest BCUT2D eigenvalue weighted by atomic mass is 9.87. The van der Waals surface area contributed by atoms with Gasteiger partial charge in [-0.25, -0.2) is 13.1 Å². The Bertz CT molecular complexity index is 1410. The van der Waals surface area contributed by atoms with Crippen molar-refractivity contribution in [3.05, 3.63) is 131 Å². The maximum Gasteiger partial charge on any atom is 0.241 e. The van der Waals surface area contributed by atoms with Crippen molar-refractivity contribution in [2.75, 3.05) is 13.2 Å². The molecular weight excluding hydrogens is 504 g/mol. The Labute approximate surface area is 233 Å². The highest BCUT2D eigenvalue weighted by molar-refractivity contribution is 7.89. The van der Waals surface area contributed by atoms with E-state index in [4.69, 9.17) is 4.74 Å². The van der Waals surface area contributed by atoms with Crippen LogP contribution in [-0.2, 0) is 15.4 Å². The fourth-order valence-corrected chi connectivity index (χ4v) is 5.70. The number of nitrogens with one attached hydrogen (secondary N) is 2. The lowest BCUT2D eigenvalue weighted by Gasteiger charge is -2.30. The van der Waals surface area contributed by atoms with E-state index in [2.05, 4.69) is 42.9 Å². The molecule has 0 aliphatic rings. The molecule has 0 saturated carbocycles. The first kappa shape index (κ1) is 28.6. The second kappa shape index (κ2) is 12.6. The Kier molecular flexibility index (Phi) is 9.23. The van der Waals surface area contributed by atoms with Gasteiger partial charge < -0.3 is 10.1 Å². The van der Waals surface area contributed by atoms with Gasteiger partial charge in [0.2, 0.25) is 10.0 Å². The highest BCUT2D eigenvalue weighted by atomic mass is 32.2. The molecule has 0 radical (unpaired) electrons. The Balaban J connectivity index is 1.56. The smallest absolute Gasteiger partial charge is 0.241 e. The fraction of sp³-hybridized carbons (Fsp3) is 0.273. The molecule has 6 heteroatoms. The van der Waals surface area contributed by atoms with Crippen LogP contribution in [0.3, 0.4) is 0 Å². The zero-order valence-corrected chi connectivity index (χ0v) is 23.9. The van der Waals surface area contributed by atoms with Gasteiger partial charge in [-0.15, -0.1) is 0 Å².